The van der Waals surface area contributed by atoms with Crippen molar-refractivity contribution < 1.29 is 14.3 Å². The highest BCUT2D eigenvalue weighted by molar-refractivity contribution is 5.94. The maximum atomic E-state index is 13.9. The molecule has 4 nitrogen and oxygen atoms in total. The van der Waals surface area contributed by atoms with Crippen LogP contribution in [0.4, 0.5) is 10.1 Å². The zero-order chi connectivity index (χ0) is 18.6. The largest absolute Gasteiger partial charge is 0.478 e. The second-order valence-corrected chi connectivity index (χ2v) is 6.85. The van der Waals surface area contributed by atoms with Gasteiger partial charge in [-0.05, 0) is 72.3 Å². The number of nitrogens with zero attached hydrogens (tertiary/aromatic N) is 1. The van der Waals surface area contributed by atoms with Gasteiger partial charge in [0.2, 0.25) is 0 Å². The lowest BCUT2D eigenvalue weighted by Crippen LogP contribution is -2.28. The Morgan fingerprint density at radius 1 is 1.38 bits per heavy atom. The molecule has 1 saturated carbocycles. The molecule has 0 saturated heterocycles. The van der Waals surface area contributed by atoms with Crippen LogP contribution in [0.15, 0.2) is 71.2 Å². The molecule has 2 heterocycles. The summed E-state index contributed by atoms with van der Waals surface area (Å²) in [5.41, 5.74) is 10.9. The minimum atomic E-state index is -0.978. The number of hydrogen-bond acceptors (Lipinski definition) is 3. The van der Waals surface area contributed by atoms with Gasteiger partial charge < -0.3 is 15.7 Å². The number of fused-ring (bicyclic) bond motifs is 1. The molecule has 26 heavy (non-hydrogen) atoms. The van der Waals surface area contributed by atoms with E-state index in [0.717, 1.165) is 40.8 Å². The van der Waals surface area contributed by atoms with Crippen LogP contribution in [0.3, 0.4) is 0 Å². The van der Waals surface area contributed by atoms with E-state index in [1.54, 1.807) is 18.2 Å². The highest BCUT2D eigenvalue weighted by Gasteiger charge is 2.36. The zero-order valence-electron chi connectivity index (χ0n) is 14.4. The maximum absolute atomic E-state index is 13.9. The SMILES string of the molecule is C=C1C(C(=O)O)=CC(C2CC2)=C2C(C)=C(c3ccc(N)c(F)c3)C=CN12. The van der Waals surface area contributed by atoms with E-state index in [4.69, 9.17) is 5.73 Å². The molecular formula is C21H19FN2O2. The first-order valence-corrected chi connectivity index (χ1v) is 8.51. The summed E-state index contributed by atoms with van der Waals surface area (Å²) in [6.45, 7) is 5.94. The summed E-state index contributed by atoms with van der Waals surface area (Å²) in [7, 11) is 0. The second kappa shape index (κ2) is 5.73. The first-order valence-electron chi connectivity index (χ1n) is 8.51. The van der Waals surface area contributed by atoms with Gasteiger partial charge in [0.25, 0.3) is 0 Å². The Morgan fingerprint density at radius 3 is 2.73 bits per heavy atom. The summed E-state index contributed by atoms with van der Waals surface area (Å²) >= 11 is 0. The number of anilines is 1. The highest BCUT2D eigenvalue weighted by atomic mass is 19.1. The number of benzene rings is 1. The Hall–Kier alpha value is -3.08. The van der Waals surface area contributed by atoms with Gasteiger partial charge in [-0.3, -0.25) is 0 Å². The van der Waals surface area contributed by atoms with Crippen LogP contribution in [0.2, 0.25) is 0 Å². The van der Waals surface area contributed by atoms with Gasteiger partial charge >= 0.3 is 5.97 Å². The molecule has 0 bridgehead atoms. The van der Waals surface area contributed by atoms with E-state index in [1.165, 1.54) is 6.07 Å². The van der Waals surface area contributed by atoms with Crippen molar-refractivity contribution in [3.63, 3.8) is 0 Å². The van der Waals surface area contributed by atoms with E-state index in [0.29, 0.717) is 11.6 Å². The number of allylic oxidation sites excluding steroid dienone is 5. The zero-order valence-corrected chi connectivity index (χ0v) is 14.4. The van der Waals surface area contributed by atoms with Crippen molar-refractivity contribution in [2.75, 3.05) is 5.73 Å². The average molecular weight is 350 g/mol. The normalized spacial score (nSPS) is 19.7. The van der Waals surface area contributed by atoms with E-state index in [1.807, 2.05) is 24.1 Å². The van der Waals surface area contributed by atoms with Gasteiger partial charge in [0.05, 0.1) is 22.7 Å². The number of carboxylic acids is 1. The predicted octanol–water partition coefficient (Wildman–Crippen LogP) is 4.21. The second-order valence-electron chi connectivity index (χ2n) is 6.85. The summed E-state index contributed by atoms with van der Waals surface area (Å²) in [6.07, 6.45) is 7.52. The molecule has 0 unspecified atom stereocenters. The average Bonchev–Trinajstić information content (AvgIpc) is 3.43. The van der Waals surface area contributed by atoms with Gasteiger partial charge in [0, 0.05) is 6.20 Å². The van der Waals surface area contributed by atoms with E-state index >= 15 is 0 Å². The molecule has 2 aliphatic heterocycles. The lowest BCUT2D eigenvalue weighted by Gasteiger charge is -2.36. The Balaban J connectivity index is 1.91. The molecule has 0 atom stereocenters. The van der Waals surface area contributed by atoms with Crippen LogP contribution in [0.5, 0.6) is 0 Å². The van der Waals surface area contributed by atoms with Crippen molar-refractivity contribution in [3.8, 4) is 0 Å². The van der Waals surface area contributed by atoms with Crippen LogP contribution in [-0.4, -0.2) is 16.0 Å². The molecule has 5 heteroatoms. The van der Waals surface area contributed by atoms with E-state index in [9.17, 15) is 14.3 Å². The molecule has 4 rings (SSSR count). The first-order chi connectivity index (χ1) is 12.4. The molecule has 1 aromatic carbocycles. The Bertz CT molecular complexity index is 978. The molecule has 3 N–H and O–H groups in total. The smallest absolute Gasteiger partial charge is 0.337 e. The van der Waals surface area contributed by atoms with Crippen molar-refractivity contribution in [2.24, 2.45) is 5.92 Å². The third-order valence-corrected chi connectivity index (χ3v) is 5.12. The Kier molecular flexibility index (Phi) is 3.61. The number of halogens is 1. The molecular weight excluding hydrogens is 331 g/mol. The van der Waals surface area contributed by atoms with Gasteiger partial charge in [-0.1, -0.05) is 12.6 Å². The van der Waals surface area contributed by atoms with Crippen molar-refractivity contribution in [3.05, 3.63) is 82.6 Å². The monoisotopic (exact) mass is 350 g/mol. The molecule has 0 radical (unpaired) electrons. The summed E-state index contributed by atoms with van der Waals surface area (Å²) in [5.74, 6) is -1.06. The van der Waals surface area contributed by atoms with Gasteiger partial charge in [-0.25, -0.2) is 9.18 Å². The van der Waals surface area contributed by atoms with Crippen LogP contribution in [-0.2, 0) is 4.79 Å². The number of nitrogen functional groups attached to an aromatic ring is 1. The van der Waals surface area contributed by atoms with Gasteiger partial charge in [-0.15, -0.1) is 0 Å². The van der Waals surface area contributed by atoms with Gasteiger partial charge in [0.15, 0.2) is 0 Å². The summed E-state index contributed by atoms with van der Waals surface area (Å²) in [5, 5.41) is 9.50. The van der Waals surface area contributed by atoms with Crippen LogP contribution in [0.25, 0.3) is 5.57 Å². The molecule has 1 fully saturated rings. The fraction of sp³-hybridized carbons (Fsp3) is 0.190. The lowest BCUT2D eigenvalue weighted by molar-refractivity contribution is -0.132. The van der Waals surface area contributed by atoms with Crippen LogP contribution >= 0.6 is 0 Å². The highest BCUT2D eigenvalue weighted by Crippen LogP contribution is 2.47. The van der Waals surface area contributed by atoms with Crippen LogP contribution < -0.4 is 5.73 Å². The standard InChI is InChI=1S/C21H19FN2O2/c1-11-15(14-5-6-19(23)18(22)9-14)7-8-24-12(2)16(21(25)26)10-17(20(11)24)13-3-4-13/h5-10,13H,2-4,23H2,1H3,(H,25,26). The predicted molar refractivity (Wildman–Crippen MR) is 99.0 cm³/mol. The van der Waals surface area contributed by atoms with Gasteiger partial charge in [-0.2, -0.15) is 0 Å². The number of carbonyl (C=O) groups is 1. The van der Waals surface area contributed by atoms with Gasteiger partial charge in [0.1, 0.15) is 5.82 Å². The Morgan fingerprint density at radius 2 is 2.12 bits per heavy atom. The van der Waals surface area contributed by atoms with E-state index < -0.39 is 11.8 Å². The minimum absolute atomic E-state index is 0.117. The van der Waals surface area contributed by atoms with Crippen molar-refractivity contribution >= 4 is 17.2 Å². The fourth-order valence-corrected chi connectivity index (χ4v) is 3.57. The van der Waals surface area contributed by atoms with Crippen molar-refractivity contribution in [1.82, 2.24) is 4.90 Å². The number of hydrogen-bond donors (Lipinski definition) is 2. The minimum Gasteiger partial charge on any atom is -0.478 e. The molecule has 0 aromatic heterocycles. The quantitative estimate of drug-likeness (QED) is 0.801. The maximum Gasteiger partial charge on any atom is 0.337 e. The molecule has 0 amide bonds. The molecule has 0 spiro atoms. The molecule has 132 valence electrons. The number of aliphatic carboxylic acids is 1. The van der Waals surface area contributed by atoms with Crippen LogP contribution in [0, 0.1) is 11.7 Å². The summed E-state index contributed by atoms with van der Waals surface area (Å²) < 4.78 is 13.9. The third-order valence-electron chi connectivity index (χ3n) is 5.12. The summed E-state index contributed by atoms with van der Waals surface area (Å²) in [4.78, 5) is 13.4. The molecule has 1 aliphatic carbocycles. The van der Waals surface area contributed by atoms with E-state index in [2.05, 4.69) is 6.58 Å². The topological polar surface area (TPSA) is 66.6 Å². The third kappa shape index (κ3) is 2.47. The molecule has 1 aromatic rings. The Labute approximate surface area is 151 Å². The fourth-order valence-electron chi connectivity index (χ4n) is 3.57. The van der Waals surface area contributed by atoms with E-state index in [-0.39, 0.29) is 11.3 Å². The number of nitrogens with two attached hydrogens (primary N) is 1. The summed E-state index contributed by atoms with van der Waals surface area (Å²) in [6, 6.07) is 4.79. The molecule has 3 aliphatic rings. The first kappa shape index (κ1) is 16.4. The van der Waals surface area contributed by atoms with Crippen LogP contribution in [0.1, 0.15) is 25.3 Å². The lowest BCUT2D eigenvalue weighted by atomic mass is 9.88. The van der Waals surface area contributed by atoms with Crippen molar-refractivity contribution in [2.45, 2.75) is 19.8 Å². The van der Waals surface area contributed by atoms with Crippen molar-refractivity contribution in [1.29, 1.82) is 0 Å². The number of rotatable bonds is 3. The number of carboxylic acid groups (broad SMARTS) is 1.